The molecule has 4 aromatic rings. The van der Waals surface area contributed by atoms with Crippen LogP contribution < -0.4 is 5.32 Å². The molecule has 0 radical (unpaired) electrons. The van der Waals surface area contributed by atoms with E-state index < -0.39 is 0 Å². The maximum absolute atomic E-state index is 12.3. The minimum Gasteiger partial charge on any atom is -0.325 e. The number of carbonyl (C=O) groups is 1. The zero-order valence-electron chi connectivity index (χ0n) is 15.0. The lowest BCUT2D eigenvalue weighted by Gasteiger charge is -2.07. The van der Waals surface area contributed by atoms with Gasteiger partial charge in [0.15, 0.2) is 11.0 Å². The van der Waals surface area contributed by atoms with Gasteiger partial charge in [0, 0.05) is 29.4 Å². The van der Waals surface area contributed by atoms with Crippen LogP contribution in [-0.4, -0.2) is 31.4 Å². The fraction of sp³-hybridized carbons (Fsp3) is 0.158. The molecule has 0 saturated carbocycles. The van der Waals surface area contributed by atoms with Crippen LogP contribution in [0.4, 0.5) is 5.69 Å². The highest BCUT2D eigenvalue weighted by Crippen LogP contribution is 2.27. The molecule has 28 heavy (non-hydrogen) atoms. The first kappa shape index (κ1) is 18.9. The molecule has 0 bridgehead atoms. The minimum atomic E-state index is -0.0738. The first-order chi connectivity index (χ1) is 13.7. The van der Waals surface area contributed by atoms with Crippen LogP contribution in [0.1, 0.15) is 6.92 Å². The summed E-state index contributed by atoms with van der Waals surface area (Å²) in [6, 6.07) is 11.7. The predicted molar refractivity (Wildman–Crippen MR) is 116 cm³/mol. The number of amides is 1. The van der Waals surface area contributed by atoms with E-state index in [0.29, 0.717) is 0 Å². The van der Waals surface area contributed by atoms with E-state index in [2.05, 4.69) is 27.4 Å². The highest BCUT2D eigenvalue weighted by molar-refractivity contribution is 7.99. The maximum Gasteiger partial charge on any atom is 0.234 e. The Bertz CT molecular complexity index is 1040. The van der Waals surface area contributed by atoms with Crippen molar-refractivity contribution in [3.05, 3.63) is 53.4 Å². The molecule has 0 aliphatic heterocycles. The van der Waals surface area contributed by atoms with Gasteiger partial charge in [-0.15, -0.1) is 32.9 Å². The third-order valence-electron chi connectivity index (χ3n) is 3.95. The van der Waals surface area contributed by atoms with Crippen molar-refractivity contribution in [1.29, 1.82) is 0 Å². The number of nitrogens with zero attached hydrogens (tertiary/aromatic N) is 4. The summed E-state index contributed by atoms with van der Waals surface area (Å²) in [6.45, 7) is 2.80. The predicted octanol–water partition coefficient (Wildman–Crippen LogP) is 4.88. The molecule has 0 spiro atoms. The van der Waals surface area contributed by atoms with Gasteiger partial charge in [-0.25, -0.2) is 4.98 Å². The van der Waals surface area contributed by atoms with E-state index in [1.165, 1.54) is 11.8 Å². The second-order valence-electron chi connectivity index (χ2n) is 5.78. The van der Waals surface area contributed by atoms with E-state index in [9.17, 15) is 4.79 Å². The van der Waals surface area contributed by atoms with Crippen LogP contribution in [0.3, 0.4) is 0 Å². The van der Waals surface area contributed by atoms with Gasteiger partial charge in [0.25, 0.3) is 0 Å². The van der Waals surface area contributed by atoms with E-state index in [1.807, 2.05) is 51.7 Å². The Morgan fingerprint density at radius 3 is 2.68 bits per heavy atom. The van der Waals surface area contributed by atoms with Crippen LogP contribution in [-0.2, 0) is 11.3 Å². The van der Waals surface area contributed by atoms with Gasteiger partial charge in [0.1, 0.15) is 5.01 Å². The number of nitrogens with one attached hydrogen (secondary N) is 1. The van der Waals surface area contributed by atoms with Crippen molar-refractivity contribution in [2.75, 3.05) is 11.1 Å². The van der Waals surface area contributed by atoms with Crippen LogP contribution in [0.5, 0.6) is 0 Å². The molecule has 3 heterocycles. The number of aromatic nitrogens is 4. The topological polar surface area (TPSA) is 72.7 Å². The van der Waals surface area contributed by atoms with Gasteiger partial charge in [0.05, 0.1) is 10.6 Å². The Labute approximate surface area is 174 Å². The fourth-order valence-electron chi connectivity index (χ4n) is 2.66. The number of anilines is 1. The quantitative estimate of drug-likeness (QED) is 0.426. The van der Waals surface area contributed by atoms with Crippen LogP contribution in [0, 0.1) is 0 Å². The molecule has 0 unspecified atom stereocenters. The molecule has 9 heteroatoms. The largest absolute Gasteiger partial charge is 0.325 e. The van der Waals surface area contributed by atoms with Crippen molar-refractivity contribution < 1.29 is 4.79 Å². The Morgan fingerprint density at radius 1 is 1.14 bits per heavy atom. The molecule has 0 aliphatic rings. The molecule has 142 valence electrons. The molecule has 1 aromatic carbocycles. The summed E-state index contributed by atoms with van der Waals surface area (Å²) in [6.07, 6.45) is 1.78. The molecule has 0 aliphatic carbocycles. The van der Waals surface area contributed by atoms with Crippen LogP contribution in [0.2, 0.25) is 0 Å². The Morgan fingerprint density at radius 2 is 2.00 bits per heavy atom. The van der Waals surface area contributed by atoms with Crippen molar-refractivity contribution in [3.8, 4) is 21.3 Å². The number of hydrogen-bond acceptors (Lipinski definition) is 7. The third kappa shape index (κ3) is 4.16. The summed E-state index contributed by atoms with van der Waals surface area (Å²) in [5.74, 6) is 1.05. The van der Waals surface area contributed by atoms with E-state index in [4.69, 9.17) is 0 Å². The maximum atomic E-state index is 12.3. The molecule has 3 aromatic heterocycles. The monoisotopic (exact) mass is 427 g/mol. The second-order valence-corrected chi connectivity index (χ2v) is 8.56. The van der Waals surface area contributed by atoms with Gasteiger partial charge >= 0.3 is 0 Å². The summed E-state index contributed by atoms with van der Waals surface area (Å²) in [4.78, 5) is 17.7. The Balaban J connectivity index is 1.37. The van der Waals surface area contributed by atoms with Crippen LogP contribution >= 0.6 is 34.4 Å². The van der Waals surface area contributed by atoms with Gasteiger partial charge < -0.3 is 9.88 Å². The normalized spacial score (nSPS) is 10.9. The first-order valence-corrected chi connectivity index (χ1v) is 11.4. The molecule has 0 saturated heterocycles. The Kier molecular flexibility index (Phi) is 5.84. The zero-order chi connectivity index (χ0) is 19.3. The van der Waals surface area contributed by atoms with E-state index >= 15 is 0 Å². The van der Waals surface area contributed by atoms with Gasteiger partial charge in [-0.1, -0.05) is 17.8 Å². The molecular weight excluding hydrogens is 410 g/mol. The van der Waals surface area contributed by atoms with Crippen LogP contribution in [0.15, 0.2) is 58.5 Å². The summed E-state index contributed by atoms with van der Waals surface area (Å²) < 4.78 is 2.03. The first-order valence-electron chi connectivity index (χ1n) is 8.64. The number of thiazole rings is 1. The fourth-order valence-corrected chi connectivity index (χ4v) is 4.82. The highest BCUT2D eigenvalue weighted by atomic mass is 32.2. The van der Waals surface area contributed by atoms with Crippen molar-refractivity contribution in [2.24, 2.45) is 0 Å². The summed E-state index contributed by atoms with van der Waals surface area (Å²) in [7, 11) is 0. The molecule has 6 nitrogen and oxygen atoms in total. The molecule has 4 rings (SSSR count). The summed E-state index contributed by atoms with van der Waals surface area (Å²) in [5, 5.41) is 17.2. The average Bonchev–Trinajstić information content (AvgIpc) is 3.48. The van der Waals surface area contributed by atoms with Gasteiger partial charge in [-0.3, -0.25) is 4.79 Å². The van der Waals surface area contributed by atoms with E-state index in [0.717, 1.165) is 38.7 Å². The lowest BCUT2D eigenvalue weighted by molar-refractivity contribution is -0.113. The number of thiophene rings is 1. The van der Waals surface area contributed by atoms with Crippen molar-refractivity contribution in [1.82, 2.24) is 19.7 Å². The Hall–Kier alpha value is -2.49. The van der Waals surface area contributed by atoms with Crippen molar-refractivity contribution >= 4 is 46.0 Å². The SMILES string of the molecule is CCn1c(SCC(=O)Nc2ccc(-c3nccs3)cc2)nnc1-c1cccs1. The number of benzene rings is 1. The minimum absolute atomic E-state index is 0.0738. The third-order valence-corrected chi connectivity index (χ3v) is 6.61. The number of carbonyl (C=O) groups excluding carboxylic acids is 1. The molecule has 1 amide bonds. The van der Waals surface area contributed by atoms with Crippen molar-refractivity contribution in [2.45, 2.75) is 18.6 Å². The molecule has 0 atom stereocenters. The standard InChI is InChI=1S/C19H17N5OS3/c1-2-24-17(15-4-3-10-26-15)22-23-19(24)28-12-16(25)21-14-7-5-13(6-8-14)18-20-9-11-27-18/h3-11H,2,12H2,1H3,(H,21,25). The van der Waals surface area contributed by atoms with Crippen LogP contribution in [0.25, 0.3) is 21.3 Å². The lowest BCUT2D eigenvalue weighted by Crippen LogP contribution is -2.14. The van der Waals surface area contributed by atoms with Gasteiger partial charge in [-0.05, 0) is 42.6 Å². The smallest absolute Gasteiger partial charge is 0.234 e. The average molecular weight is 428 g/mol. The summed E-state index contributed by atoms with van der Waals surface area (Å²) >= 11 is 4.61. The van der Waals surface area contributed by atoms with E-state index in [-0.39, 0.29) is 11.7 Å². The number of rotatable bonds is 7. The summed E-state index contributed by atoms with van der Waals surface area (Å²) in [5.41, 5.74) is 1.81. The zero-order valence-corrected chi connectivity index (χ0v) is 17.5. The highest BCUT2D eigenvalue weighted by Gasteiger charge is 2.15. The van der Waals surface area contributed by atoms with Gasteiger partial charge in [-0.2, -0.15) is 0 Å². The number of thioether (sulfide) groups is 1. The lowest BCUT2D eigenvalue weighted by atomic mass is 10.2. The van der Waals surface area contributed by atoms with Gasteiger partial charge in [0.2, 0.25) is 5.91 Å². The molecular formula is C19H17N5OS3. The molecule has 0 fully saturated rings. The number of hydrogen-bond donors (Lipinski definition) is 1. The van der Waals surface area contributed by atoms with Crippen molar-refractivity contribution in [3.63, 3.8) is 0 Å². The second kappa shape index (κ2) is 8.68. The molecule has 1 N–H and O–H groups in total. The van der Waals surface area contributed by atoms with E-state index in [1.54, 1.807) is 28.9 Å².